The van der Waals surface area contributed by atoms with Crippen LogP contribution in [0.25, 0.3) is 0 Å². The molecule has 1 aromatic heterocycles. The second kappa shape index (κ2) is 7.79. The first kappa shape index (κ1) is 14.6. The first-order valence-electron chi connectivity index (χ1n) is 5.26. The normalized spacial score (nSPS) is 12.4. The van der Waals surface area contributed by atoms with Gasteiger partial charge in [0.25, 0.3) is 0 Å². The van der Waals surface area contributed by atoms with Crippen LogP contribution in [0.3, 0.4) is 0 Å². The van der Waals surface area contributed by atoms with Gasteiger partial charge in [0.05, 0.1) is 18.0 Å². The highest BCUT2D eigenvalue weighted by atomic mass is 35.5. The molecule has 1 heterocycles. The Labute approximate surface area is 112 Å². The van der Waals surface area contributed by atoms with Gasteiger partial charge in [-0.2, -0.15) is 0 Å². The number of nitrogens with one attached hydrogen (secondary N) is 1. The van der Waals surface area contributed by atoms with E-state index in [4.69, 9.17) is 11.6 Å². The molecule has 17 heavy (non-hydrogen) atoms. The maximum Gasteiger partial charge on any atom is 0.226 e. The molecule has 0 saturated heterocycles. The number of rotatable bonds is 7. The van der Waals surface area contributed by atoms with Crippen molar-refractivity contribution in [2.75, 3.05) is 18.1 Å². The summed E-state index contributed by atoms with van der Waals surface area (Å²) >= 11 is 7.05. The Morgan fingerprint density at radius 1 is 1.65 bits per heavy atom. The number of aromatic nitrogens is 1. The number of halogens is 1. The Bertz CT molecular complexity index is 395. The average molecular weight is 295 g/mol. The van der Waals surface area contributed by atoms with Crippen molar-refractivity contribution in [2.45, 2.75) is 19.2 Å². The number of thiazole rings is 1. The van der Waals surface area contributed by atoms with Gasteiger partial charge in [-0.25, -0.2) is 4.98 Å². The molecular weight excluding hydrogens is 280 g/mol. The number of carbonyl (C=O) groups excluding carboxylic acids is 1. The highest BCUT2D eigenvalue weighted by Crippen LogP contribution is 2.11. The summed E-state index contributed by atoms with van der Waals surface area (Å²) in [4.78, 5) is 15.7. The standard InChI is InChI=1S/C10H15ClN2O2S2/c1-2-17(15)4-3-12-9(14)5-10-13-8(6-11)7-16-10/h7H,2-6H2,1H3,(H,12,14). The first-order chi connectivity index (χ1) is 8.15. The van der Waals surface area contributed by atoms with E-state index in [2.05, 4.69) is 10.3 Å². The van der Waals surface area contributed by atoms with Crippen LogP contribution in [0.2, 0.25) is 0 Å². The molecule has 1 unspecified atom stereocenters. The van der Waals surface area contributed by atoms with Gasteiger partial charge in [0.15, 0.2) is 0 Å². The molecule has 0 fully saturated rings. The molecule has 0 aliphatic rings. The fraction of sp³-hybridized carbons (Fsp3) is 0.600. The minimum absolute atomic E-state index is 0.0893. The summed E-state index contributed by atoms with van der Waals surface area (Å²) in [5.41, 5.74) is 0.798. The predicted molar refractivity (Wildman–Crippen MR) is 71.9 cm³/mol. The lowest BCUT2D eigenvalue weighted by atomic mass is 10.4. The van der Waals surface area contributed by atoms with Crippen LogP contribution >= 0.6 is 22.9 Å². The van der Waals surface area contributed by atoms with Crippen molar-refractivity contribution in [3.63, 3.8) is 0 Å². The van der Waals surface area contributed by atoms with E-state index in [0.29, 0.717) is 23.9 Å². The van der Waals surface area contributed by atoms with Crippen LogP contribution in [0.15, 0.2) is 5.38 Å². The summed E-state index contributed by atoms with van der Waals surface area (Å²) in [6.07, 6.45) is 0.264. The van der Waals surface area contributed by atoms with Crippen LogP contribution in [0, 0.1) is 0 Å². The molecule has 1 aromatic rings. The predicted octanol–water partition coefficient (Wildman–Crippen LogP) is 1.31. The van der Waals surface area contributed by atoms with Gasteiger partial charge in [0.1, 0.15) is 5.01 Å². The average Bonchev–Trinajstić information content (AvgIpc) is 2.76. The zero-order valence-corrected chi connectivity index (χ0v) is 12.0. The van der Waals surface area contributed by atoms with Crippen molar-refractivity contribution >= 4 is 39.6 Å². The molecule has 0 radical (unpaired) electrons. The maximum atomic E-state index is 11.5. The second-order valence-electron chi connectivity index (χ2n) is 3.33. The molecule has 0 aliphatic carbocycles. The fourth-order valence-corrected chi connectivity index (χ4v) is 2.78. The van der Waals surface area contributed by atoms with Crippen LogP contribution in [-0.2, 0) is 27.9 Å². The summed E-state index contributed by atoms with van der Waals surface area (Å²) in [5, 5.41) is 5.33. The third-order valence-corrected chi connectivity index (χ3v) is 4.50. The number of amides is 1. The molecule has 0 spiro atoms. The van der Waals surface area contributed by atoms with Gasteiger partial charge < -0.3 is 5.32 Å². The Morgan fingerprint density at radius 2 is 2.41 bits per heavy atom. The second-order valence-corrected chi connectivity index (χ2v) is 6.40. The molecule has 0 saturated carbocycles. The van der Waals surface area contributed by atoms with Crippen molar-refractivity contribution in [3.8, 4) is 0 Å². The number of hydrogen-bond acceptors (Lipinski definition) is 4. The van der Waals surface area contributed by atoms with Gasteiger partial charge in [-0.1, -0.05) is 6.92 Å². The molecule has 1 atom stereocenters. The zero-order valence-electron chi connectivity index (χ0n) is 9.57. The van der Waals surface area contributed by atoms with Gasteiger partial charge >= 0.3 is 0 Å². The fourth-order valence-electron chi connectivity index (χ4n) is 1.14. The molecule has 1 amide bonds. The monoisotopic (exact) mass is 294 g/mol. The quantitative estimate of drug-likeness (QED) is 0.772. The van der Waals surface area contributed by atoms with E-state index in [1.165, 1.54) is 11.3 Å². The lowest BCUT2D eigenvalue weighted by Gasteiger charge is -2.02. The maximum absolute atomic E-state index is 11.5. The van der Waals surface area contributed by atoms with Crippen LogP contribution in [0.1, 0.15) is 17.6 Å². The van der Waals surface area contributed by atoms with Crippen LogP contribution in [0.5, 0.6) is 0 Å². The Morgan fingerprint density at radius 3 is 3.00 bits per heavy atom. The van der Waals surface area contributed by atoms with E-state index in [1.54, 1.807) is 0 Å². The Hall–Kier alpha value is -0.460. The molecule has 0 bridgehead atoms. The zero-order chi connectivity index (χ0) is 12.7. The van der Waals surface area contributed by atoms with Gasteiger partial charge in [-0.05, 0) is 0 Å². The van der Waals surface area contributed by atoms with Crippen LogP contribution < -0.4 is 5.32 Å². The highest BCUT2D eigenvalue weighted by molar-refractivity contribution is 7.84. The Balaban J connectivity index is 2.27. The van der Waals surface area contributed by atoms with Crippen molar-refractivity contribution < 1.29 is 9.00 Å². The van der Waals surface area contributed by atoms with E-state index < -0.39 is 10.8 Å². The third kappa shape index (κ3) is 5.61. The van der Waals surface area contributed by atoms with E-state index in [0.717, 1.165) is 10.7 Å². The largest absolute Gasteiger partial charge is 0.355 e. The van der Waals surface area contributed by atoms with E-state index in [1.807, 2.05) is 12.3 Å². The number of nitrogens with zero attached hydrogens (tertiary/aromatic N) is 1. The van der Waals surface area contributed by atoms with E-state index in [9.17, 15) is 9.00 Å². The smallest absolute Gasteiger partial charge is 0.226 e. The number of alkyl halides is 1. The lowest BCUT2D eigenvalue weighted by molar-refractivity contribution is -0.120. The lowest BCUT2D eigenvalue weighted by Crippen LogP contribution is -2.29. The summed E-state index contributed by atoms with van der Waals surface area (Å²) < 4.78 is 11.1. The van der Waals surface area contributed by atoms with Crippen LogP contribution in [0.4, 0.5) is 0 Å². The SMILES string of the molecule is CCS(=O)CCNC(=O)Cc1nc(CCl)cs1. The van der Waals surface area contributed by atoms with Gasteiger partial charge in [0.2, 0.25) is 5.91 Å². The minimum Gasteiger partial charge on any atom is -0.355 e. The summed E-state index contributed by atoms with van der Waals surface area (Å²) in [6.45, 7) is 2.31. The van der Waals surface area contributed by atoms with E-state index >= 15 is 0 Å². The van der Waals surface area contributed by atoms with Gasteiger partial charge in [-0.15, -0.1) is 22.9 Å². The number of hydrogen-bond donors (Lipinski definition) is 1. The first-order valence-corrected chi connectivity index (χ1v) is 8.16. The van der Waals surface area contributed by atoms with Gasteiger partial charge in [-0.3, -0.25) is 9.00 Å². The molecule has 0 aliphatic heterocycles. The summed E-state index contributed by atoms with van der Waals surface area (Å²) in [5.74, 6) is 1.41. The molecule has 1 N–H and O–H groups in total. The van der Waals surface area contributed by atoms with Crippen LogP contribution in [-0.4, -0.2) is 33.2 Å². The molecule has 96 valence electrons. The minimum atomic E-state index is -0.832. The highest BCUT2D eigenvalue weighted by Gasteiger charge is 2.07. The van der Waals surface area contributed by atoms with Crippen molar-refractivity contribution in [3.05, 3.63) is 16.1 Å². The molecular formula is C10H15ClN2O2S2. The molecule has 1 rings (SSSR count). The molecule has 4 nitrogen and oxygen atoms in total. The molecule has 0 aromatic carbocycles. The summed E-state index contributed by atoms with van der Waals surface area (Å²) in [6, 6.07) is 0. The third-order valence-electron chi connectivity index (χ3n) is 2.02. The topological polar surface area (TPSA) is 59.1 Å². The molecule has 7 heteroatoms. The van der Waals surface area contributed by atoms with Crippen molar-refractivity contribution in [1.82, 2.24) is 10.3 Å². The van der Waals surface area contributed by atoms with Crippen molar-refractivity contribution in [1.29, 1.82) is 0 Å². The summed E-state index contributed by atoms with van der Waals surface area (Å²) in [7, 11) is -0.832. The van der Waals surface area contributed by atoms with Crippen molar-refractivity contribution in [2.24, 2.45) is 0 Å². The van der Waals surface area contributed by atoms with Gasteiger partial charge in [0, 0.05) is 34.2 Å². The van der Waals surface area contributed by atoms with E-state index in [-0.39, 0.29) is 12.3 Å². The Kier molecular flexibility index (Phi) is 6.69. The number of carbonyl (C=O) groups is 1.